The van der Waals surface area contributed by atoms with Crippen molar-refractivity contribution in [2.45, 2.75) is 24.3 Å². The number of nitrogens with zero attached hydrogens (tertiary/aromatic N) is 1. The number of fused-ring (bicyclic) bond motifs is 1. The van der Waals surface area contributed by atoms with Crippen molar-refractivity contribution in [2.24, 2.45) is 0 Å². The van der Waals surface area contributed by atoms with Crippen LogP contribution in [0.4, 0.5) is 0 Å². The molecular formula is C18H21NO4S2. The molecule has 1 unspecified atom stereocenters. The zero-order valence-electron chi connectivity index (χ0n) is 14.2. The highest BCUT2D eigenvalue weighted by Crippen LogP contribution is 2.32. The van der Waals surface area contributed by atoms with Gasteiger partial charge in [-0.15, -0.1) is 0 Å². The van der Waals surface area contributed by atoms with Crippen LogP contribution in [-0.4, -0.2) is 39.7 Å². The summed E-state index contributed by atoms with van der Waals surface area (Å²) in [6, 6.07) is 14.2. The lowest BCUT2D eigenvalue weighted by molar-refractivity contribution is 0.366. The fraction of sp³-hybridized carbons (Fsp3) is 0.333. The molecule has 7 heteroatoms. The normalized spacial score (nSPS) is 18.7. The minimum Gasteiger partial charge on any atom is -0.224 e. The molecule has 1 atom stereocenters. The minimum absolute atomic E-state index is 0.112. The van der Waals surface area contributed by atoms with E-state index in [9.17, 15) is 16.8 Å². The molecule has 0 bridgehead atoms. The predicted octanol–water partition coefficient (Wildman–Crippen LogP) is 2.33. The van der Waals surface area contributed by atoms with Crippen molar-refractivity contribution in [1.29, 1.82) is 0 Å². The van der Waals surface area contributed by atoms with Gasteiger partial charge in [-0.2, -0.15) is 4.31 Å². The van der Waals surface area contributed by atoms with Gasteiger partial charge in [0, 0.05) is 19.0 Å². The van der Waals surface area contributed by atoms with Crippen LogP contribution in [0.15, 0.2) is 53.4 Å². The second-order valence-corrected chi connectivity index (χ2v) is 10.6. The Morgan fingerprint density at radius 3 is 2.28 bits per heavy atom. The first-order chi connectivity index (χ1) is 11.7. The zero-order valence-corrected chi connectivity index (χ0v) is 15.8. The number of sulfonamides is 1. The van der Waals surface area contributed by atoms with Gasteiger partial charge in [0.1, 0.15) is 0 Å². The molecule has 0 N–H and O–H groups in total. The summed E-state index contributed by atoms with van der Waals surface area (Å²) in [7, 11) is -6.90. The Labute approximate surface area is 149 Å². The Bertz CT molecular complexity index is 980. The van der Waals surface area contributed by atoms with Crippen LogP contribution in [0.3, 0.4) is 0 Å². The van der Waals surface area contributed by atoms with Gasteiger partial charge >= 0.3 is 0 Å². The Kier molecular flexibility index (Phi) is 4.74. The van der Waals surface area contributed by atoms with E-state index in [0.29, 0.717) is 0 Å². The fourth-order valence-electron chi connectivity index (χ4n) is 3.18. The van der Waals surface area contributed by atoms with E-state index >= 15 is 0 Å². The van der Waals surface area contributed by atoms with E-state index in [1.165, 1.54) is 4.31 Å². The van der Waals surface area contributed by atoms with Crippen LogP contribution < -0.4 is 0 Å². The molecule has 0 saturated heterocycles. The van der Waals surface area contributed by atoms with E-state index in [0.717, 1.165) is 22.9 Å². The molecule has 0 aromatic heterocycles. The number of rotatable bonds is 4. The second kappa shape index (κ2) is 6.55. The van der Waals surface area contributed by atoms with Crippen molar-refractivity contribution in [3.05, 3.63) is 65.2 Å². The number of benzene rings is 2. The maximum Gasteiger partial charge on any atom is 0.211 e. The van der Waals surface area contributed by atoms with Crippen LogP contribution in [0.2, 0.25) is 0 Å². The average Bonchev–Trinajstić information content (AvgIpc) is 2.54. The molecule has 0 saturated carbocycles. The third-order valence-electron chi connectivity index (χ3n) is 4.54. The topological polar surface area (TPSA) is 71.5 Å². The predicted molar refractivity (Wildman–Crippen MR) is 97.7 cm³/mol. The number of hydrogen-bond donors (Lipinski definition) is 0. The molecule has 3 rings (SSSR count). The maximum atomic E-state index is 12.8. The van der Waals surface area contributed by atoms with E-state index in [1.807, 2.05) is 31.2 Å². The molecule has 1 aliphatic heterocycles. The van der Waals surface area contributed by atoms with Gasteiger partial charge in [-0.05, 0) is 30.2 Å². The van der Waals surface area contributed by atoms with Crippen molar-refractivity contribution < 1.29 is 16.8 Å². The van der Waals surface area contributed by atoms with Gasteiger partial charge in [-0.25, -0.2) is 16.8 Å². The lowest BCUT2D eigenvalue weighted by Crippen LogP contribution is -2.39. The second-order valence-electron chi connectivity index (χ2n) is 6.55. The van der Waals surface area contributed by atoms with Gasteiger partial charge in [-0.3, -0.25) is 0 Å². The largest absolute Gasteiger partial charge is 0.224 e. The first-order valence-electron chi connectivity index (χ1n) is 7.99. The summed E-state index contributed by atoms with van der Waals surface area (Å²) in [5.41, 5.74) is 2.77. The highest BCUT2D eigenvalue weighted by atomic mass is 32.2. The van der Waals surface area contributed by atoms with E-state index in [4.69, 9.17) is 0 Å². The average molecular weight is 380 g/mol. The lowest BCUT2D eigenvalue weighted by atomic mass is 9.92. The Morgan fingerprint density at radius 2 is 1.64 bits per heavy atom. The first kappa shape index (κ1) is 18.1. The van der Waals surface area contributed by atoms with Crippen LogP contribution in [0.25, 0.3) is 0 Å². The van der Waals surface area contributed by atoms with Gasteiger partial charge in [0.05, 0.1) is 16.9 Å². The van der Waals surface area contributed by atoms with Gasteiger partial charge in [0.2, 0.25) is 10.0 Å². The van der Waals surface area contributed by atoms with Gasteiger partial charge < -0.3 is 0 Å². The molecule has 5 nitrogen and oxygen atoms in total. The molecule has 0 radical (unpaired) electrons. The smallest absolute Gasteiger partial charge is 0.211 e. The summed E-state index contributed by atoms with van der Waals surface area (Å²) in [5, 5.41) is 0. The monoisotopic (exact) mass is 379 g/mol. The maximum absolute atomic E-state index is 12.8. The molecule has 1 heterocycles. The molecule has 0 aliphatic carbocycles. The summed E-state index contributed by atoms with van der Waals surface area (Å²) in [4.78, 5) is 0.270. The van der Waals surface area contributed by atoms with E-state index < -0.39 is 19.9 Å². The van der Waals surface area contributed by atoms with Crippen LogP contribution >= 0.6 is 0 Å². The molecule has 2 aromatic rings. The van der Waals surface area contributed by atoms with Gasteiger partial charge in [0.25, 0.3) is 0 Å². The molecule has 2 aromatic carbocycles. The van der Waals surface area contributed by atoms with Crippen LogP contribution in [-0.2, 0) is 26.4 Å². The highest BCUT2D eigenvalue weighted by molar-refractivity contribution is 7.91. The van der Waals surface area contributed by atoms with Crippen LogP contribution in [0, 0.1) is 6.92 Å². The summed E-state index contributed by atoms with van der Waals surface area (Å²) >= 11 is 0. The molecular weight excluding hydrogens is 358 g/mol. The van der Waals surface area contributed by atoms with E-state index in [-0.39, 0.29) is 29.7 Å². The quantitative estimate of drug-likeness (QED) is 0.817. The molecule has 0 fully saturated rings. The summed E-state index contributed by atoms with van der Waals surface area (Å²) in [6.07, 6.45) is 1.16. The van der Waals surface area contributed by atoms with Crippen molar-refractivity contribution in [1.82, 2.24) is 4.31 Å². The Hall–Kier alpha value is -1.70. The number of hydrogen-bond acceptors (Lipinski definition) is 4. The Balaban J connectivity index is 1.96. The summed E-state index contributed by atoms with van der Waals surface area (Å²) in [6.45, 7) is 2.37. The van der Waals surface area contributed by atoms with Crippen molar-refractivity contribution >= 4 is 19.9 Å². The standard InChI is InChI=1S/C18H21NO4S2/c1-14-7-9-17(10-8-14)25(22,23)13-16-12-19(24(2,20)21)11-15-5-3-4-6-18(15)16/h3-10,16H,11-13H2,1-2H3. The van der Waals surface area contributed by atoms with Crippen LogP contribution in [0.1, 0.15) is 22.6 Å². The number of sulfone groups is 1. The van der Waals surface area contributed by atoms with Crippen LogP contribution in [0.5, 0.6) is 0 Å². The van der Waals surface area contributed by atoms with Gasteiger partial charge in [0.15, 0.2) is 9.84 Å². The van der Waals surface area contributed by atoms with Gasteiger partial charge in [-0.1, -0.05) is 42.0 Å². The Morgan fingerprint density at radius 1 is 1.00 bits per heavy atom. The first-order valence-corrected chi connectivity index (χ1v) is 11.5. The molecule has 1 aliphatic rings. The highest BCUT2D eigenvalue weighted by Gasteiger charge is 2.33. The van der Waals surface area contributed by atoms with Crippen molar-refractivity contribution in [3.8, 4) is 0 Å². The van der Waals surface area contributed by atoms with E-state index in [2.05, 4.69) is 0 Å². The third kappa shape index (κ3) is 3.94. The summed E-state index contributed by atoms with van der Waals surface area (Å²) in [5.74, 6) is -0.495. The summed E-state index contributed by atoms with van der Waals surface area (Å²) < 4.78 is 51.0. The molecule has 0 spiro atoms. The number of aryl methyl sites for hydroxylation is 1. The SMILES string of the molecule is Cc1ccc(S(=O)(=O)CC2CN(S(C)(=O)=O)Cc3ccccc32)cc1. The minimum atomic E-state index is -3.51. The van der Waals surface area contributed by atoms with Crippen molar-refractivity contribution in [3.63, 3.8) is 0 Å². The molecule has 25 heavy (non-hydrogen) atoms. The van der Waals surface area contributed by atoms with Crippen molar-refractivity contribution in [2.75, 3.05) is 18.6 Å². The fourth-order valence-corrected chi connectivity index (χ4v) is 5.56. The third-order valence-corrected chi connectivity index (χ3v) is 7.58. The lowest BCUT2D eigenvalue weighted by Gasteiger charge is -2.33. The molecule has 134 valence electrons. The van der Waals surface area contributed by atoms with E-state index in [1.54, 1.807) is 24.3 Å². The molecule has 0 amide bonds. The zero-order chi connectivity index (χ0) is 18.2.